The maximum Gasteiger partial charge on any atom is 0.407 e. The van der Waals surface area contributed by atoms with Crippen molar-refractivity contribution < 1.29 is 27.2 Å². The summed E-state index contributed by atoms with van der Waals surface area (Å²) in [5, 5.41) is 8.71. The molecular weight excluding hydrogens is 226 g/mol. The van der Waals surface area contributed by atoms with Gasteiger partial charge in [0.05, 0.1) is 19.3 Å². The lowest BCUT2D eigenvalue weighted by atomic mass is 10.3. The Morgan fingerprint density at radius 2 is 1.93 bits per heavy atom. The monoisotopic (exact) mass is 239 g/mol. The van der Waals surface area contributed by atoms with Gasteiger partial charge in [-0.2, -0.15) is 8.42 Å². The highest BCUT2D eigenvalue weighted by Crippen LogP contribution is 2.17. The van der Waals surface area contributed by atoms with Gasteiger partial charge in [-0.1, -0.05) is 0 Å². The first-order valence-electron chi connectivity index (χ1n) is 4.22. The van der Waals surface area contributed by atoms with Crippen LogP contribution in [0.4, 0.5) is 4.79 Å². The molecule has 0 radical (unpaired) electrons. The predicted molar refractivity (Wildman–Crippen MR) is 50.1 cm³/mol. The van der Waals surface area contributed by atoms with Crippen molar-refractivity contribution >= 4 is 16.2 Å². The molecule has 7 nitrogen and oxygen atoms in total. The maximum absolute atomic E-state index is 10.9. The van der Waals surface area contributed by atoms with Crippen molar-refractivity contribution in [2.75, 3.05) is 26.5 Å². The smallest absolute Gasteiger partial charge is 0.407 e. The number of rotatable bonds is 3. The predicted octanol–water partition coefficient (Wildman–Crippen LogP) is -0.660. The van der Waals surface area contributed by atoms with Crippen LogP contribution in [0, 0.1) is 0 Å². The van der Waals surface area contributed by atoms with Crippen LogP contribution < -0.4 is 0 Å². The zero-order valence-electron chi connectivity index (χ0n) is 8.41. The van der Waals surface area contributed by atoms with Crippen molar-refractivity contribution in [2.24, 2.45) is 0 Å². The molecule has 1 fully saturated rings. The van der Waals surface area contributed by atoms with Gasteiger partial charge in [-0.25, -0.2) is 4.79 Å². The summed E-state index contributed by atoms with van der Waals surface area (Å²) in [6.07, 6.45) is -1.50. The molecular formula is C7H13NO6S. The van der Waals surface area contributed by atoms with Gasteiger partial charge in [0.15, 0.2) is 0 Å². The minimum absolute atomic E-state index is 0.000903. The zero-order chi connectivity index (χ0) is 11.6. The summed E-state index contributed by atoms with van der Waals surface area (Å²) in [7, 11) is -2.22. The SMILES string of the molecule is CO[C@@H]1CN(C(=O)O)C[C@H]1OS(C)(=O)=O. The second-order valence-corrected chi connectivity index (χ2v) is 4.90. The number of carboxylic acid groups (broad SMARTS) is 1. The Hall–Kier alpha value is -0.860. The molecule has 0 spiro atoms. The third kappa shape index (κ3) is 3.33. The van der Waals surface area contributed by atoms with Gasteiger partial charge in [0.1, 0.15) is 12.2 Å². The Kier molecular flexibility index (Phi) is 3.53. The van der Waals surface area contributed by atoms with Crippen LogP contribution in [-0.2, 0) is 19.0 Å². The van der Waals surface area contributed by atoms with Gasteiger partial charge in [-0.3, -0.25) is 4.18 Å². The van der Waals surface area contributed by atoms with Crippen molar-refractivity contribution in [3.05, 3.63) is 0 Å². The third-order valence-electron chi connectivity index (χ3n) is 2.09. The molecule has 0 bridgehead atoms. The molecule has 0 saturated carbocycles. The van der Waals surface area contributed by atoms with Crippen LogP contribution in [0.5, 0.6) is 0 Å². The number of likely N-dealkylation sites (tertiary alicyclic amines) is 1. The van der Waals surface area contributed by atoms with Crippen molar-refractivity contribution in [3.8, 4) is 0 Å². The van der Waals surface area contributed by atoms with Crippen LogP contribution >= 0.6 is 0 Å². The number of nitrogens with zero attached hydrogens (tertiary/aromatic N) is 1. The van der Waals surface area contributed by atoms with E-state index in [-0.39, 0.29) is 13.1 Å². The molecule has 1 N–H and O–H groups in total. The number of hydrogen-bond acceptors (Lipinski definition) is 5. The fraction of sp³-hybridized carbons (Fsp3) is 0.857. The minimum atomic E-state index is -3.60. The van der Waals surface area contributed by atoms with Gasteiger partial charge in [-0.05, 0) is 0 Å². The molecule has 2 atom stereocenters. The Labute approximate surface area is 87.7 Å². The number of amides is 1. The van der Waals surface area contributed by atoms with Crippen molar-refractivity contribution in [3.63, 3.8) is 0 Å². The van der Waals surface area contributed by atoms with Crippen LogP contribution in [0.15, 0.2) is 0 Å². The van der Waals surface area contributed by atoms with E-state index in [0.29, 0.717) is 0 Å². The Bertz CT molecular complexity index is 339. The number of ether oxygens (including phenoxy) is 1. The van der Waals surface area contributed by atoms with Gasteiger partial charge < -0.3 is 14.7 Å². The number of methoxy groups -OCH3 is 1. The number of hydrogen-bond donors (Lipinski definition) is 1. The molecule has 1 aliphatic rings. The normalized spacial score (nSPS) is 26.9. The van der Waals surface area contributed by atoms with E-state index in [1.165, 1.54) is 7.11 Å². The first kappa shape index (κ1) is 12.2. The number of carbonyl (C=O) groups is 1. The topological polar surface area (TPSA) is 93.1 Å². The summed E-state index contributed by atoms with van der Waals surface area (Å²) >= 11 is 0. The molecule has 0 aromatic carbocycles. The van der Waals surface area contributed by atoms with E-state index in [1.807, 2.05) is 0 Å². The van der Waals surface area contributed by atoms with Gasteiger partial charge in [0, 0.05) is 7.11 Å². The van der Waals surface area contributed by atoms with Crippen LogP contribution in [0.25, 0.3) is 0 Å². The Morgan fingerprint density at radius 3 is 2.33 bits per heavy atom. The lowest BCUT2D eigenvalue weighted by molar-refractivity contribution is 0.0375. The van der Waals surface area contributed by atoms with E-state index >= 15 is 0 Å². The summed E-state index contributed by atoms with van der Waals surface area (Å²) in [6, 6.07) is 0. The van der Waals surface area contributed by atoms with Crippen molar-refractivity contribution in [1.29, 1.82) is 0 Å². The summed E-state index contributed by atoms with van der Waals surface area (Å²) in [4.78, 5) is 11.7. The summed E-state index contributed by atoms with van der Waals surface area (Å²) in [5.74, 6) is 0. The Balaban J connectivity index is 2.68. The van der Waals surface area contributed by atoms with Gasteiger partial charge >= 0.3 is 6.09 Å². The highest BCUT2D eigenvalue weighted by molar-refractivity contribution is 7.86. The fourth-order valence-corrected chi connectivity index (χ4v) is 2.08. The van der Waals surface area contributed by atoms with Gasteiger partial charge in [0.2, 0.25) is 0 Å². The third-order valence-corrected chi connectivity index (χ3v) is 2.68. The minimum Gasteiger partial charge on any atom is -0.465 e. The largest absolute Gasteiger partial charge is 0.465 e. The second-order valence-electron chi connectivity index (χ2n) is 3.30. The van der Waals surface area contributed by atoms with Crippen molar-refractivity contribution in [2.45, 2.75) is 12.2 Å². The van der Waals surface area contributed by atoms with E-state index in [2.05, 4.69) is 0 Å². The summed E-state index contributed by atoms with van der Waals surface area (Å²) < 4.78 is 31.4. The second kappa shape index (κ2) is 4.33. The van der Waals surface area contributed by atoms with Crippen molar-refractivity contribution in [1.82, 2.24) is 4.90 Å². The molecule has 88 valence electrons. The van der Waals surface area contributed by atoms with Crippen LogP contribution in [0.2, 0.25) is 0 Å². The molecule has 0 unspecified atom stereocenters. The standard InChI is InChI=1S/C7H13NO6S/c1-13-5-3-8(7(9)10)4-6(5)14-15(2,11)12/h5-6H,3-4H2,1-2H3,(H,9,10)/t5-,6-/m1/s1. The molecule has 1 saturated heterocycles. The first-order chi connectivity index (χ1) is 6.83. The van der Waals surface area contributed by atoms with Crippen LogP contribution in [-0.4, -0.2) is 63.2 Å². The molecule has 1 rings (SSSR count). The van der Waals surface area contributed by atoms with Gasteiger partial charge in [0.25, 0.3) is 10.1 Å². The van der Waals surface area contributed by atoms with Gasteiger partial charge in [-0.15, -0.1) is 0 Å². The first-order valence-corrected chi connectivity index (χ1v) is 6.04. The lowest BCUT2D eigenvalue weighted by Crippen LogP contribution is -2.31. The summed E-state index contributed by atoms with van der Waals surface area (Å²) in [6.45, 7) is 0.118. The fourth-order valence-electron chi connectivity index (χ4n) is 1.44. The molecule has 0 aromatic rings. The highest BCUT2D eigenvalue weighted by Gasteiger charge is 2.38. The summed E-state index contributed by atoms with van der Waals surface area (Å²) in [5.41, 5.74) is 0. The average molecular weight is 239 g/mol. The van der Waals surface area contributed by atoms with E-state index < -0.39 is 28.4 Å². The van der Waals surface area contributed by atoms with E-state index in [4.69, 9.17) is 14.0 Å². The highest BCUT2D eigenvalue weighted by atomic mass is 32.2. The molecule has 15 heavy (non-hydrogen) atoms. The average Bonchev–Trinajstić information content (AvgIpc) is 2.44. The molecule has 1 amide bonds. The molecule has 1 aliphatic heterocycles. The van der Waals surface area contributed by atoms with E-state index in [9.17, 15) is 13.2 Å². The Morgan fingerprint density at radius 1 is 1.40 bits per heavy atom. The molecule has 8 heteroatoms. The molecule has 0 aromatic heterocycles. The molecule has 0 aliphatic carbocycles. The van der Waals surface area contributed by atoms with Crippen LogP contribution in [0.1, 0.15) is 0 Å². The van der Waals surface area contributed by atoms with Crippen LogP contribution in [0.3, 0.4) is 0 Å². The van der Waals surface area contributed by atoms with E-state index in [0.717, 1.165) is 11.2 Å². The maximum atomic E-state index is 10.9. The molecule has 1 heterocycles. The quantitative estimate of drug-likeness (QED) is 0.657. The van der Waals surface area contributed by atoms with E-state index in [1.54, 1.807) is 0 Å². The zero-order valence-corrected chi connectivity index (χ0v) is 9.23. The lowest BCUT2D eigenvalue weighted by Gasteiger charge is -2.14.